The van der Waals surface area contributed by atoms with E-state index in [0.29, 0.717) is 12.5 Å². The van der Waals surface area contributed by atoms with Gasteiger partial charge in [0.15, 0.2) is 24.3 Å². The zero-order valence-corrected chi connectivity index (χ0v) is 19.8. The molecule has 1 aromatic rings. The van der Waals surface area contributed by atoms with Gasteiger partial charge in [0.25, 0.3) is 0 Å². The van der Waals surface area contributed by atoms with Crippen molar-refractivity contribution < 1.29 is 38.1 Å². The van der Waals surface area contributed by atoms with Crippen LogP contribution in [0.5, 0.6) is 0 Å². The number of anilines is 1. The monoisotopic (exact) mass is 483 g/mol. The summed E-state index contributed by atoms with van der Waals surface area (Å²) in [4.78, 5) is 44.8. The first-order valence-corrected chi connectivity index (χ1v) is 11.7. The van der Waals surface area contributed by atoms with Gasteiger partial charge in [-0.2, -0.15) is 4.98 Å². The molecule has 0 radical (unpaired) electrons. The first-order valence-electron chi connectivity index (χ1n) is 11.7. The number of nitrogens with one attached hydrogen (secondary N) is 1. The molecule has 2 aliphatic heterocycles. The molecule has 2 saturated heterocycles. The number of carbonyl (C=O) groups is 2. The lowest BCUT2D eigenvalue weighted by Crippen LogP contribution is -2.34. The van der Waals surface area contributed by atoms with E-state index in [0.717, 1.165) is 25.7 Å². The smallest absolute Gasteiger partial charge is 0.424 e. The third kappa shape index (κ3) is 6.90. The van der Waals surface area contributed by atoms with Gasteiger partial charge in [-0.15, -0.1) is 0 Å². The Bertz CT molecular complexity index is 877. The average molecular weight is 484 g/mol. The van der Waals surface area contributed by atoms with E-state index in [4.69, 9.17) is 28.5 Å². The van der Waals surface area contributed by atoms with Crippen molar-refractivity contribution in [2.45, 2.75) is 77.4 Å². The number of unbranched alkanes of at least 4 members (excludes halogenated alkanes) is 2. The van der Waals surface area contributed by atoms with Gasteiger partial charge in [0.1, 0.15) is 12.9 Å². The molecule has 1 aromatic heterocycles. The van der Waals surface area contributed by atoms with Crippen molar-refractivity contribution in [2.24, 2.45) is 5.92 Å². The van der Waals surface area contributed by atoms with Crippen molar-refractivity contribution in [3.8, 4) is 0 Å². The van der Waals surface area contributed by atoms with Gasteiger partial charge >= 0.3 is 17.8 Å². The highest BCUT2D eigenvalue weighted by Gasteiger charge is 2.55. The lowest BCUT2D eigenvalue weighted by Gasteiger charge is -2.18. The number of fused-ring (bicyclic) bond motifs is 1. The third-order valence-electron chi connectivity index (χ3n) is 5.66. The highest BCUT2D eigenvalue weighted by Crippen LogP contribution is 2.37. The number of carbonyl (C=O) groups excluding carboxylic acids is 2. The maximum absolute atomic E-state index is 12.6. The van der Waals surface area contributed by atoms with Gasteiger partial charge in [-0.3, -0.25) is 4.57 Å². The van der Waals surface area contributed by atoms with Crippen LogP contribution in [-0.4, -0.2) is 60.0 Å². The van der Waals surface area contributed by atoms with Crippen LogP contribution >= 0.6 is 0 Å². The second-order valence-corrected chi connectivity index (χ2v) is 8.39. The molecule has 0 saturated carbocycles. The number of rotatable bonds is 14. The Morgan fingerprint density at radius 3 is 2.74 bits per heavy atom. The minimum absolute atomic E-state index is 0.0673. The molecular formula is C22H33N3O9. The SMILES string of the molecule is CCCCCC(=O)ONc1ccn([C@@H]2OC(COCOC[C@H](C)CC)[C@H]3OC(=O)O[C@H]32)c(=O)n1. The van der Waals surface area contributed by atoms with Crippen molar-refractivity contribution in [3.05, 3.63) is 22.7 Å². The van der Waals surface area contributed by atoms with E-state index in [1.807, 2.05) is 6.92 Å². The predicted molar refractivity (Wildman–Crippen MR) is 118 cm³/mol. The fourth-order valence-corrected chi connectivity index (χ4v) is 3.52. The third-order valence-corrected chi connectivity index (χ3v) is 5.66. The van der Waals surface area contributed by atoms with Gasteiger partial charge in [-0.1, -0.05) is 40.0 Å². The highest BCUT2D eigenvalue weighted by molar-refractivity contribution is 5.70. The summed E-state index contributed by atoms with van der Waals surface area (Å²) in [5.41, 5.74) is 1.70. The summed E-state index contributed by atoms with van der Waals surface area (Å²) in [6, 6.07) is 1.45. The van der Waals surface area contributed by atoms with Crippen molar-refractivity contribution in [1.82, 2.24) is 9.55 Å². The van der Waals surface area contributed by atoms with Crippen molar-refractivity contribution in [1.29, 1.82) is 0 Å². The Labute approximate surface area is 197 Å². The molecule has 2 fully saturated rings. The summed E-state index contributed by atoms with van der Waals surface area (Å²) < 4.78 is 28.5. The Kier molecular flexibility index (Phi) is 9.66. The van der Waals surface area contributed by atoms with Crippen LogP contribution in [0.15, 0.2) is 17.1 Å². The topological polar surface area (TPSA) is 136 Å². The number of ether oxygens (including phenoxy) is 5. The molecule has 5 atom stereocenters. The average Bonchev–Trinajstić information content (AvgIpc) is 3.35. The van der Waals surface area contributed by atoms with Gasteiger partial charge in [0.2, 0.25) is 0 Å². The molecule has 0 amide bonds. The molecule has 34 heavy (non-hydrogen) atoms. The Balaban J connectivity index is 1.56. The van der Waals surface area contributed by atoms with E-state index in [2.05, 4.69) is 24.3 Å². The van der Waals surface area contributed by atoms with Crippen LogP contribution in [0.3, 0.4) is 0 Å². The summed E-state index contributed by atoms with van der Waals surface area (Å²) in [6.45, 7) is 6.93. The first kappa shape index (κ1) is 25.9. The van der Waals surface area contributed by atoms with Crippen LogP contribution < -0.4 is 11.2 Å². The lowest BCUT2D eigenvalue weighted by molar-refractivity contribution is -0.140. The van der Waals surface area contributed by atoms with E-state index >= 15 is 0 Å². The van der Waals surface area contributed by atoms with E-state index in [-0.39, 0.29) is 25.6 Å². The first-order chi connectivity index (χ1) is 16.4. The standard InChI is InChI=1S/C22H33N3O9/c1-4-6-7-8-17(26)34-24-16-9-10-25(21(27)23-16)20-19-18(32-22(28)33-19)15(31-20)12-30-13-29-11-14(3)5-2/h9-10,14-15,18-20H,4-8,11-13H2,1-3H3,(H,23,24,27)/t14-,15?,18-,19-,20-/m1/s1. The van der Waals surface area contributed by atoms with Gasteiger partial charge in [0.05, 0.1) is 13.2 Å². The summed E-state index contributed by atoms with van der Waals surface area (Å²) in [7, 11) is 0. The van der Waals surface area contributed by atoms with Crippen molar-refractivity contribution >= 4 is 17.9 Å². The number of nitrogens with zero attached hydrogens (tertiary/aromatic N) is 2. The number of hydrogen-bond donors (Lipinski definition) is 1. The Morgan fingerprint density at radius 2 is 2.00 bits per heavy atom. The molecule has 12 heteroatoms. The Hall–Kier alpha value is -2.70. The van der Waals surface area contributed by atoms with Gasteiger partial charge in [0, 0.05) is 18.7 Å². The van der Waals surface area contributed by atoms with Crippen LogP contribution in [0.1, 0.15) is 59.1 Å². The minimum Gasteiger partial charge on any atom is -0.424 e. The molecule has 2 aliphatic rings. The molecule has 3 heterocycles. The molecule has 3 rings (SSSR count). The fraction of sp³-hybridized carbons (Fsp3) is 0.727. The van der Waals surface area contributed by atoms with E-state index in [1.54, 1.807) is 0 Å². The molecule has 0 spiro atoms. The van der Waals surface area contributed by atoms with Crippen LogP contribution in [-0.2, 0) is 33.3 Å². The van der Waals surface area contributed by atoms with Crippen molar-refractivity contribution in [3.63, 3.8) is 0 Å². The van der Waals surface area contributed by atoms with Gasteiger partial charge in [-0.25, -0.2) is 19.9 Å². The van der Waals surface area contributed by atoms with E-state index in [1.165, 1.54) is 16.8 Å². The molecule has 0 aromatic carbocycles. The molecule has 1 unspecified atom stereocenters. The largest absolute Gasteiger partial charge is 0.509 e. The van der Waals surface area contributed by atoms with Crippen LogP contribution in [0.4, 0.5) is 10.6 Å². The zero-order chi connectivity index (χ0) is 24.5. The van der Waals surface area contributed by atoms with Crippen LogP contribution in [0.25, 0.3) is 0 Å². The number of aromatic nitrogens is 2. The molecule has 190 valence electrons. The number of hydrogen-bond acceptors (Lipinski definition) is 11. The van der Waals surface area contributed by atoms with E-state index < -0.39 is 42.4 Å². The Morgan fingerprint density at radius 1 is 1.21 bits per heavy atom. The zero-order valence-electron chi connectivity index (χ0n) is 19.8. The molecule has 0 aliphatic carbocycles. The van der Waals surface area contributed by atoms with Gasteiger partial charge < -0.3 is 28.5 Å². The normalized spacial score (nSPS) is 24.3. The second-order valence-electron chi connectivity index (χ2n) is 8.39. The molecule has 1 N–H and O–H groups in total. The molecular weight excluding hydrogens is 450 g/mol. The minimum atomic E-state index is -0.947. The maximum Gasteiger partial charge on any atom is 0.509 e. The summed E-state index contributed by atoms with van der Waals surface area (Å²) in [5.74, 6) is 0.0516. The molecule has 0 bridgehead atoms. The van der Waals surface area contributed by atoms with Gasteiger partial charge in [-0.05, 0) is 12.3 Å². The van der Waals surface area contributed by atoms with Crippen molar-refractivity contribution in [2.75, 3.05) is 25.5 Å². The molecule has 12 nitrogen and oxygen atoms in total. The summed E-state index contributed by atoms with van der Waals surface area (Å²) in [6.07, 6.45) is 1.33. The second kappa shape index (κ2) is 12.7. The maximum atomic E-state index is 12.6. The van der Waals surface area contributed by atoms with Crippen LogP contribution in [0.2, 0.25) is 0 Å². The van der Waals surface area contributed by atoms with E-state index in [9.17, 15) is 14.4 Å². The summed E-state index contributed by atoms with van der Waals surface area (Å²) in [5, 5.41) is 0. The quantitative estimate of drug-likeness (QED) is 0.181. The highest BCUT2D eigenvalue weighted by atomic mass is 16.8. The predicted octanol–water partition coefficient (Wildman–Crippen LogP) is 2.53. The summed E-state index contributed by atoms with van der Waals surface area (Å²) >= 11 is 0. The fourth-order valence-electron chi connectivity index (χ4n) is 3.52. The lowest BCUT2D eigenvalue weighted by atomic mass is 10.1. The van der Waals surface area contributed by atoms with Crippen LogP contribution in [0, 0.1) is 5.92 Å².